The average Bonchev–Trinajstić information content (AvgIpc) is 2.96. The van der Waals surface area contributed by atoms with Crippen molar-refractivity contribution < 1.29 is 19.4 Å². The molecule has 0 aliphatic heterocycles. The van der Waals surface area contributed by atoms with E-state index >= 15 is 0 Å². The molecule has 10 nitrogen and oxygen atoms in total. The number of rotatable bonds is 11. The highest BCUT2D eigenvalue weighted by Gasteiger charge is 2.19. The topological polar surface area (TPSA) is 128 Å². The Morgan fingerprint density at radius 3 is 2.59 bits per heavy atom. The van der Waals surface area contributed by atoms with Gasteiger partial charge in [0.1, 0.15) is 17.1 Å². The molecular formula is C28H28ClN5O5. The third-order valence-electron chi connectivity index (χ3n) is 6.01. The highest BCUT2D eigenvalue weighted by Crippen LogP contribution is 2.38. The first kappa shape index (κ1) is 27.6. The van der Waals surface area contributed by atoms with E-state index in [4.69, 9.17) is 21.1 Å². The van der Waals surface area contributed by atoms with Gasteiger partial charge in [0, 0.05) is 47.6 Å². The number of carbonyl (C=O) groups is 1. The van der Waals surface area contributed by atoms with E-state index in [-0.39, 0.29) is 29.6 Å². The van der Waals surface area contributed by atoms with Crippen molar-refractivity contribution in [3.63, 3.8) is 0 Å². The second-order valence-electron chi connectivity index (χ2n) is 8.47. The number of aliphatic hydroxyl groups is 1. The largest absolute Gasteiger partial charge is 0.497 e. The first-order valence-electron chi connectivity index (χ1n) is 12.1. The predicted octanol–water partition coefficient (Wildman–Crippen LogP) is 3.90. The fourth-order valence-electron chi connectivity index (χ4n) is 4.04. The van der Waals surface area contributed by atoms with Crippen LogP contribution in [0.3, 0.4) is 0 Å². The molecule has 2 aromatic heterocycles. The zero-order chi connectivity index (χ0) is 27.9. The normalized spacial score (nSPS) is 10.8. The minimum absolute atomic E-state index is 0.0907. The standard InChI is InChI=1S/C28H28ClN5O5/c1-4-24(36)32-19-7-5-17(6-8-19)9-11-34-26-18(16-31-28(33-26)30-10-12-35)13-22(27(34)37)21-14-20(38-2)15-23(39-3)25(21)29/h4-8,13-16,35H,1,9-12H2,2-3H3,(H,32,36)(H,30,31,33). The van der Waals surface area contributed by atoms with Gasteiger partial charge in [0.15, 0.2) is 0 Å². The number of aromatic nitrogens is 3. The third-order valence-corrected chi connectivity index (χ3v) is 6.40. The lowest BCUT2D eigenvalue weighted by atomic mass is 10.0. The van der Waals surface area contributed by atoms with Crippen molar-refractivity contribution >= 4 is 40.2 Å². The van der Waals surface area contributed by atoms with Crippen LogP contribution in [0.5, 0.6) is 11.5 Å². The molecule has 0 fully saturated rings. The number of methoxy groups -OCH3 is 2. The Hall–Kier alpha value is -4.41. The number of anilines is 2. The maximum Gasteiger partial charge on any atom is 0.260 e. The number of aryl methyl sites for hydroxylation is 2. The summed E-state index contributed by atoms with van der Waals surface area (Å²) in [4.78, 5) is 34.4. The lowest BCUT2D eigenvalue weighted by Gasteiger charge is -2.16. The van der Waals surface area contributed by atoms with Crippen LogP contribution in [0.1, 0.15) is 5.56 Å². The summed E-state index contributed by atoms with van der Waals surface area (Å²) in [5, 5.41) is 15.7. The maximum absolute atomic E-state index is 13.9. The van der Waals surface area contributed by atoms with Crippen molar-refractivity contribution in [3.8, 4) is 22.6 Å². The van der Waals surface area contributed by atoms with Gasteiger partial charge in [-0.1, -0.05) is 30.3 Å². The monoisotopic (exact) mass is 549 g/mol. The summed E-state index contributed by atoms with van der Waals surface area (Å²) in [6.45, 7) is 3.93. The van der Waals surface area contributed by atoms with Gasteiger partial charge in [0.2, 0.25) is 11.9 Å². The molecule has 4 aromatic rings. The maximum atomic E-state index is 13.9. The predicted molar refractivity (Wildman–Crippen MR) is 152 cm³/mol. The number of benzene rings is 2. The van der Waals surface area contributed by atoms with Gasteiger partial charge in [-0.3, -0.25) is 14.2 Å². The summed E-state index contributed by atoms with van der Waals surface area (Å²) in [6, 6.07) is 12.4. The van der Waals surface area contributed by atoms with Crippen molar-refractivity contribution in [1.29, 1.82) is 0 Å². The van der Waals surface area contributed by atoms with Gasteiger partial charge < -0.3 is 25.2 Å². The molecule has 0 aliphatic rings. The number of nitrogens with zero attached hydrogens (tertiary/aromatic N) is 3. The van der Waals surface area contributed by atoms with Crippen molar-refractivity contribution in [2.45, 2.75) is 13.0 Å². The molecule has 2 aromatic carbocycles. The number of pyridine rings is 1. The molecule has 2 heterocycles. The molecule has 39 heavy (non-hydrogen) atoms. The van der Waals surface area contributed by atoms with Crippen LogP contribution in [0.2, 0.25) is 5.02 Å². The number of aliphatic hydroxyl groups excluding tert-OH is 1. The van der Waals surface area contributed by atoms with Crippen LogP contribution >= 0.6 is 11.6 Å². The fourth-order valence-corrected chi connectivity index (χ4v) is 4.32. The first-order chi connectivity index (χ1) is 18.9. The summed E-state index contributed by atoms with van der Waals surface area (Å²) in [5.74, 6) is 0.859. The zero-order valence-electron chi connectivity index (χ0n) is 21.5. The quantitative estimate of drug-likeness (QED) is 0.240. The minimum atomic E-state index is -0.304. The van der Waals surface area contributed by atoms with Crippen LogP contribution in [-0.4, -0.2) is 52.9 Å². The lowest BCUT2D eigenvalue weighted by Crippen LogP contribution is -2.24. The molecule has 3 N–H and O–H groups in total. The number of halogens is 1. The Morgan fingerprint density at radius 2 is 1.92 bits per heavy atom. The number of nitrogens with one attached hydrogen (secondary N) is 2. The van der Waals surface area contributed by atoms with E-state index in [1.54, 1.807) is 41.1 Å². The molecule has 202 valence electrons. The number of fused-ring (bicyclic) bond motifs is 1. The SMILES string of the molecule is C=CC(=O)Nc1ccc(CCn2c(=O)c(-c3cc(OC)cc(OC)c3Cl)cc3cnc(NCCO)nc32)cc1. The van der Waals surface area contributed by atoms with Crippen LogP contribution in [0.25, 0.3) is 22.2 Å². The summed E-state index contributed by atoms with van der Waals surface area (Å²) < 4.78 is 12.4. The van der Waals surface area contributed by atoms with Crippen molar-refractivity contribution in [3.05, 3.63) is 82.3 Å². The summed E-state index contributed by atoms with van der Waals surface area (Å²) in [7, 11) is 3.01. The molecule has 0 atom stereocenters. The molecule has 0 bridgehead atoms. The molecule has 0 saturated heterocycles. The van der Waals surface area contributed by atoms with Crippen molar-refractivity contribution in [1.82, 2.24) is 14.5 Å². The van der Waals surface area contributed by atoms with Crippen LogP contribution in [0.15, 0.2) is 66.1 Å². The molecule has 0 unspecified atom stereocenters. The Kier molecular flexibility index (Phi) is 8.80. The van der Waals surface area contributed by atoms with E-state index in [1.165, 1.54) is 20.3 Å². The van der Waals surface area contributed by atoms with Crippen LogP contribution in [-0.2, 0) is 17.8 Å². The highest BCUT2D eigenvalue weighted by molar-refractivity contribution is 6.35. The Balaban J connectivity index is 1.79. The smallest absolute Gasteiger partial charge is 0.260 e. The van der Waals surface area contributed by atoms with Crippen molar-refractivity contribution in [2.75, 3.05) is 38.0 Å². The van der Waals surface area contributed by atoms with Crippen LogP contribution in [0.4, 0.5) is 11.6 Å². The Morgan fingerprint density at radius 1 is 1.15 bits per heavy atom. The number of hydrogen-bond donors (Lipinski definition) is 3. The minimum Gasteiger partial charge on any atom is -0.497 e. The number of ether oxygens (including phenoxy) is 2. The van der Waals surface area contributed by atoms with Crippen LogP contribution < -0.4 is 25.7 Å². The number of hydrogen-bond acceptors (Lipinski definition) is 8. The van der Waals surface area contributed by atoms with Gasteiger partial charge >= 0.3 is 0 Å². The number of carbonyl (C=O) groups excluding carboxylic acids is 1. The molecule has 0 saturated carbocycles. The third kappa shape index (κ3) is 6.19. The molecule has 11 heteroatoms. The summed E-state index contributed by atoms with van der Waals surface area (Å²) in [5.41, 5.74) is 2.51. The summed E-state index contributed by atoms with van der Waals surface area (Å²) >= 11 is 6.63. The molecule has 1 amide bonds. The second kappa shape index (κ2) is 12.4. The van der Waals surface area contributed by atoms with Gasteiger partial charge in [0.25, 0.3) is 5.56 Å². The van der Waals surface area contributed by atoms with E-state index in [2.05, 4.69) is 27.2 Å². The molecule has 4 rings (SSSR count). The highest BCUT2D eigenvalue weighted by atomic mass is 35.5. The van der Waals surface area contributed by atoms with E-state index in [0.717, 1.165) is 5.56 Å². The average molecular weight is 550 g/mol. The molecule has 0 radical (unpaired) electrons. The lowest BCUT2D eigenvalue weighted by molar-refractivity contribution is -0.111. The first-order valence-corrected chi connectivity index (χ1v) is 12.5. The fraction of sp³-hybridized carbons (Fsp3) is 0.214. The summed E-state index contributed by atoms with van der Waals surface area (Å²) in [6.07, 6.45) is 3.32. The van der Waals surface area contributed by atoms with E-state index in [0.29, 0.717) is 58.3 Å². The Labute approximate surface area is 229 Å². The Bertz CT molecular complexity index is 1570. The van der Waals surface area contributed by atoms with Gasteiger partial charge in [-0.25, -0.2) is 4.98 Å². The van der Waals surface area contributed by atoms with Gasteiger partial charge in [0.05, 0.1) is 25.8 Å². The zero-order valence-corrected chi connectivity index (χ0v) is 22.3. The van der Waals surface area contributed by atoms with E-state index in [9.17, 15) is 14.7 Å². The second-order valence-corrected chi connectivity index (χ2v) is 8.85. The molecule has 0 aliphatic carbocycles. The van der Waals surface area contributed by atoms with E-state index < -0.39 is 0 Å². The molecule has 0 spiro atoms. The van der Waals surface area contributed by atoms with Crippen LogP contribution in [0, 0.1) is 0 Å². The van der Waals surface area contributed by atoms with Gasteiger partial charge in [-0.05, 0) is 42.3 Å². The molecular weight excluding hydrogens is 522 g/mol. The van der Waals surface area contributed by atoms with E-state index in [1.807, 2.05) is 12.1 Å². The van der Waals surface area contributed by atoms with Crippen molar-refractivity contribution in [2.24, 2.45) is 0 Å². The number of amides is 1. The van der Waals surface area contributed by atoms with Gasteiger partial charge in [-0.15, -0.1) is 0 Å². The van der Waals surface area contributed by atoms with Gasteiger partial charge in [-0.2, -0.15) is 4.98 Å².